The lowest BCUT2D eigenvalue weighted by Crippen LogP contribution is -2.46. The van der Waals surface area contributed by atoms with Crippen molar-refractivity contribution in [1.29, 1.82) is 0 Å². The Balaban J connectivity index is 2.47. The summed E-state index contributed by atoms with van der Waals surface area (Å²) in [4.78, 5) is 4.14. The number of pyridine rings is 1. The standard InChI is InChI=1S/C7H8N4S/c1-11-5-3-2-4-8-6(5)9-7(12)10-11/h2-4H,1H3,(H2,8,9,10,12). The molecule has 1 aliphatic rings. The van der Waals surface area contributed by atoms with Crippen LogP contribution in [-0.2, 0) is 0 Å². The van der Waals surface area contributed by atoms with Crippen molar-refractivity contribution in [1.82, 2.24) is 10.4 Å². The van der Waals surface area contributed by atoms with Gasteiger partial charge in [0, 0.05) is 13.2 Å². The number of nitrogens with zero attached hydrogens (tertiary/aromatic N) is 2. The Morgan fingerprint density at radius 1 is 1.58 bits per heavy atom. The maximum absolute atomic E-state index is 4.96. The van der Waals surface area contributed by atoms with Crippen molar-refractivity contribution >= 4 is 28.8 Å². The fourth-order valence-corrected chi connectivity index (χ4v) is 1.35. The Hall–Kier alpha value is -1.36. The van der Waals surface area contributed by atoms with Gasteiger partial charge in [0.15, 0.2) is 10.9 Å². The fourth-order valence-electron chi connectivity index (χ4n) is 1.11. The summed E-state index contributed by atoms with van der Waals surface area (Å²) in [6, 6.07) is 3.84. The van der Waals surface area contributed by atoms with Crippen LogP contribution in [0, 0.1) is 0 Å². The van der Waals surface area contributed by atoms with Gasteiger partial charge in [-0.2, -0.15) is 0 Å². The van der Waals surface area contributed by atoms with E-state index in [1.54, 1.807) is 6.20 Å². The SMILES string of the molecule is CN1NC(=S)Nc2ncccc21. The molecule has 0 aliphatic carbocycles. The predicted molar refractivity (Wildman–Crippen MR) is 52.0 cm³/mol. The number of thiocarbonyl (C=S) groups is 1. The van der Waals surface area contributed by atoms with Crippen LogP contribution in [-0.4, -0.2) is 17.1 Å². The molecule has 0 atom stereocenters. The molecule has 0 bridgehead atoms. The number of hydrazine groups is 1. The van der Waals surface area contributed by atoms with Crippen LogP contribution < -0.4 is 15.8 Å². The normalized spacial score (nSPS) is 14.8. The highest BCUT2D eigenvalue weighted by Crippen LogP contribution is 2.22. The number of anilines is 2. The van der Waals surface area contributed by atoms with Gasteiger partial charge in [-0.1, -0.05) is 0 Å². The Bertz CT molecular complexity index is 325. The Morgan fingerprint density at radius 2 is 2.42 bits per heavy atom. The Labute approximate surface area is 75.6 Å². The molecule has 0 spiro atoms. The van der Waals surface area contributed by atoms with Crippen molar-refractivity contribution in [2.75, 3.05) is 17.4 Å². The van der Waals surface area contributed by atoms with E-state index < -0.39 is 0 Å². The van der Waals surface area contributed by atoms with E-state index in [0.717, 1.165) is 11.5 Å². The summed E-state index contributed by atoms with van der Waals surface area (Å²) in [5, 5.41) is 5.37. The smallest absolute Gasteiger partial charge is 0.191 e. The van der Waals surface area contributed by atoms with E-state index in [1.807, 2.05) is 24.2 Å². The van der Waals surface area contributed by atoms with E-state index in [4.69, 9.17) is 12.2 Å². The third-order valence-electron chi connectivity index (χ3n) is 1.65. The molecule has 1 aliphatic heterocycles. The molecule has 2 rings (SSSR count). The molecule has 0 amide bonds. The highest BCUT2D eigenvalue weighted by molar-refractivity contribution is 7.80. The molecule has 62 valence electrons. The average molecular weight is 180 g/mol. The van der Waals surface area contributed by atoms with Crippen LogP contribution in [0.15, 0.2) is 18.3 Å². The van der Waals surface area contributed by atoms with Gasteiger partial charge in [-0.05, 0) is 24.4 Å². The number of hydrogen-bond donors (Lipinski definition) is 2. The third-order valence-corrected chi connectivity index (χ3v) is 1.84. The van der Waals surface area contributed by atoms with Gasteiger partial charge in [0.1, 0.15) is 0 Å². The minimum atomic E-state index is 0.573. The van der Waals surface area contributed by atoms with Crippen LogP contribution in [0.2, 0.25) is 0 Å². The molecule has 0 radical (unpaired) electrons. The maximum atomic E-state index is 4.96. The largest absolute Gasteiger partial charge is 0.314 e. The predicted octanol–water partition coefficient (Wildman–Crippen LogP) is 0.733. The van der Waals surface area contributed by atoms with Crippen molar-refractivity contribution in [2.45, 2.75) is 0 Å². The van der Waals surface area contributed by atoms with Crippen molar-refractivity contribution in [3.05, 3.63) is 18.3 Å². The second-order valence-electron chi connectivity index (χ2n) is 2.50. The first kappa shape index (κ1) is 7.30. The van der Waals surface area contributed by atoms with Gasteiger partial charge < -0.3 is 5.32 Å². The summed E-state index contributed by atoms with van der Waals surface area (Å²) < 4.78 is 0. The molecule has 12 heavy (non-hydrogen) atoms. The Morgan fingerprint density at radius 3 is 3.25 bits per heavy atom. The molecule has 5 heteroatoms. The van der Waals surface area contributed by atoms with E-state index >= 15 is 0 Å². The minimum Gasteiger partial charge on any atom is -0.314 e. The second-order valence-corrected chi connectivity index (χ2v) is 2.90. The topological polar surface area (TPSA) is 40.2 Å². The second kappa shape index (κ2) is 2.60. The van der Waals surface area contributed by atoms with E-state index in [9.17, 15) is 0 Å². The summed E-state index contributed by atoms with van der Waals surface area (Å²) in [5.41, 5.74) is 3.94. The van der Waals surface area contributed by atoms with Gasteiger partial charge in [0.25, 0.3) is 0 Å². The van der Waals surface area contributed by atoms with Crippen molar-refractivity contribution in [3.63, 3.8) is 0 Å². The first-order valence-electron chi connectivity index (χ1n) is 3.54. The van der Waals surface area contributed by atoms with Crippen LogP contribution >= 0.6 is 12.2 Å². The van der Waals surface area contributed by atoms with Gasteiger partial charge in [-0.25, -0.2) is 4.98 Å². The number of rotatable bonds is 0. The van der Waals surface area contributed by atoms with E-state index in [2.05, 4.69) is 15.7 Å². The zero-order valence-electron chi connectivity index (χ0n) is 6.53. The highest BCUT2D eigenvalue weighted by Gasteiger charge is 2.15. The van der Waals surface area contributed by atoms with Crippen molar-refractivity contribution < 1.29 is 0 Å². The van der Waals surface area contributed by atoms with E-state index in [1.165, 1.54) is 0 Å². The summed E-state index contributed by atoms with van der Waals surface area (Å²) in [6.45, 7) is 0. The molecular weight excluding hydrogens is 172 g/mol. The molecule has 2 N–H and O–H groups in total. The van der Waals surface area contributed by atoms with Crippen LogP contribution in [0.3, 0.4) is 0 Å². The maximum Gasteiger partial charge on any atom is 0.191 e. The van der Waals surface area contributed by atoms with E-state index in [0.29, 0.717) is 5.11 Å². The van der Waals surface area contributed by atoms with Gasteiger partial charge >= 0.3 is 0 Å². The van der Waals surface area contributed by atoms with E-state index in [-0.39, 0.29) is 0 Å². The summed E-state index contributed by atoms with van der Waals surface area (Å²) in [6.07, 6.45) is 1.73. The number of aromatic nitrogens is 1. The lowest BCUT2D eigenvalue weighted by molar-refractivity contribution is 0.869. The first-order valence-corrected chi connectivity index (χ1v) is 3.94. The zero-order chi connectivity index (χ0) is 8.55. The molecule has 0 fully saturated rings. The van der Waals surface area contributed by atoms with Crippen LogP contribution in [0.1, 0.15) is 0 Å². The average Bonchev–Trinajstić information content (AvgIpc) is 2.04. The molecule has 0 aromatic carbocycles. The number of nitrogens with one attached hydrogen (secondary N) is 2. The molecule has 1 aromatic heterocycles. The zero-order valence-corrected chi connectivity index (χ0v) is 7.35. The number of fused-ring (bicyclic) bond motifs is 1. The van der Waals surface area contributed by atoms with Crippen molar-refractivity contribution in [3.8, 4) is 0 Å². The third kappa shape index (κ3) is 1.08. The number of hydrogen-bond acceptors (Lipinski definition) is 3. The lowest BCUT2D eigenvalue weighted by Gasteiger charge is -2.28. The Kier molecular flexibility index (Phi) is 1.58. The van der Waals surface area contributed by atoms with Crippen molar-refractivity contribution in [2.24, 2.45) is 0 Å². The first-order chi connectivity index (χ1) is 5.77. The van der Waals surface area contributed by atoms with Crippen LogP contribution in [0.4, 0.5) is 11.5 Å². The highest BCUT2D eigenvalue weighted by atomic mass is 32.1. The molecular formula is C7H8N4S. The van der Waals surface area contributed by atoms with Crippen LogP contribution in [0.5, 0.6) is 0 Å². The fraction of sp³-hybridized carbons (Fsp3) is 0.143. The molecule has 4 nitrogen and oxygen atoms in total. The molecule has 2 heterocycles. The molecule has 1 aromatic rings. The molecule has 0 saturated carbocycles. The summed E-state index contributed by atoms with van der Waals surface area (Å²) in [5.74, 6) is 0.795. The van der Waals surface area contributed by atoms with Gasteiger partial charge in [-0.3, -0.25) is 10.4 Å². The quantitative estimate of drug-likeness (QED) is 0.576. The lowest BCUT2D eigenvalue weighted by atomic mass is 10.3. The molecule has 0 unspecified atom stereocenters. The van der Waals surface area contributed by atoms with Gasteiger partial charge in [0.05, 0.1) is 5.69 Å². The van der Waals surface area contributed by atoms with Gasteiger partial charge in [0.2, 0.25) is 0 Å². The minimum absolute atomic E-state index is 0.573. The molecule has 0 saturated heterocycles. The monoisotopic (exact) mass is 180 g/mol. The van der Waals surface area contributed by atoms with Gasteiger partial charge in [-0.15, -0.1) is 0 Å². The summed E-state index contributed by atoms with van der Waals surface area (Å²) in [7, 11) is 1.90. The summed E-state index contributed by atoms with van der Waals surface area (Å²) >= 11 is 4.96. The van der Waals surface area contributed by atoms with Crippen LogP contribution in [0.25, 0.3) is 0 Å².